The summed E-state index contributed by atoms with van der Waals surface area (Å²) >= 11 is 0. The second kappa shape index (κ2) is 6.02. The number of anilines is 1. The molecule has 0 fully saturated rings. The first kappa shape index (κ1) is 13.8. The van der Waals surface area contributed by atoms with E-state index in [0.29, 0.717) is 6.54 Å². The molecule has 0 spiro atoms. The quantitative estimate of drug-likeness (QED) is 0.866. The molecular formula is C16H15NO3. The van der Waals surface area contributed by atoms with Crippen molar-refractivity contribution >= 4 is 17.6 Å². The minimum Gasteiger partial charge on any atom is -0.481 e. The summed E-state index contributed by atoms with van der Waals surface area (Å²) in [5.74, 6) is -0.734. The number of carboxylic acids is 1. The first-order chi connectivity index (χ1) is 9.59. The highest BCUT2D eigenvalue weighted by molar-refractivity contribution is 6.09. The highest BCUT2D eigenvalue weighted by atomic mass is 16.4. The molecule has 4 nitrogen and oxygen atoms in total. The van der Waals surface area contributed by atoms with Gasteiger partial charge in [0.15, 0.2) is 0 Å². The number of amides is 1. The summed E-state index contributed by atoms with van der Waals surface area (Å²) in [4.78, 5) is 22.9. The van der Waals surface area contributed by atoms with Crippen molar-refractivity contribution in [1.29, 1.82) is 0 Å². The van der Waals surface area contributed by atoms with Crippen LogP contribution >= 0.6 is 0 Å². The van der Waals surface area contributed by atoms with E-state index in [1.165, 1.54) is 0 Å². The molecule has 1 amide bonds. The fourth-order valence-electron chi connectivity index (χ4n) is 2.07. The van der Waals surface area contributed by atoms with Crippen LogP contribution in [0.25, 0.3) is 0 Å². The maximum atomic E-state index is 12.1. The molecule has 0 saturated heterocycles. The Bertz CT molecular complexity index is 619. The van der Waals surface area contributed by atoms with Gasteiger partial charge in [0.05, 0.1) is 6.54 Å². The molecule has 1 heterocycles. The van der Waals surface area contributed by atoms with Crippen LogP contribution in [0.2, 0.25) is 0 Å². The Morgan fingerprint density at radius 3 is 2.20 bits per heavy atom. The van der Waals surface area contributed by atoms with Gasteiger partial charge < -0.3 is 10.0 Å². The van der Waals surface area contributed by atoms with Crippen molar-refractivity contribution in [1.82, 2.24) is 0 Å². The number of carbonyl (C=O) groups is 2. The Hall–Kier alpha value is -2.62. The zero-order valence-corrected chi connectivity index (χ0v) is 11.1. The molecule has 2 aromatic rings. The zero-order valence-electron chi connectivity index (χ0n) is 11.1. The Balaban J connectivity index is 0.000000328. The molecule has 0 bridgehead atoms. The van der Waals surface area contributed by atoms with E-state index in [-0.39, 0.29) is 5.91 Å². The van der Waals surface area contributed by atoms with Crippen LogP contribution in [-0.4, -0.2) is 17.0 Å². The summed E-state index contributed by atoms with van der Waals surface area (Å²) in [6.45, 7) is 1.76. The van der Waals surface area contributed by atoms with E-state index < -0.39 is 5.97 Å². The summed E-state index contributed by atoms with van der Waals surface area (Å²) in [5.41, 5.74) is 2.89. The van der Waals surface area contributed by atoms with Crippen molar-refractivity contribution in [3.8, 4) is 0 Å². The molecule has 0 unspecified atom stereocenters. The van der Waals surface area contributed by atoms with Gasteiger partial charge in [0.2, 0.25) is 0 Å². The van der Waals surface area contributed by atoms with Crippen molar-refractivity contribution in [3.05, 3.63) is 65.7 Å². The fraction of sp³-hybridized carbons (Fsp3) is 0.125. The van der Waals surface area contributed by atoms with Crippen LogP contribution in [-0.2, 0) is 11.3 Å². The molecule has 2 aromatic carbocycles. The predicted octanol–water partition coefficient (Wildman–Crippen LogP) is 2.94. The van der Waals surface area contributed by atoms with Crippen LogP contribution < -0.4 is 4.90 Å². The van der Waals surface area contributed by atoms with Crippen LogP contribution in [0.15, 0.2) is 54.6 Å². The van der Waals surface area contributed by atoms with Gasteiger partial charge in [-0.05, 0) is 23.8 Å². The molecular weight excluding hydrogens is 254 g/mol. The van der Waals surface area contributed by atoms with E-state index in [2.05, 4.69) is 0 Å². The molecule has 0 aliphatic carbocycles. The summed E-state index contributed by atoms with van der Waals surface area (Å²) < 4.78 is 0. The number of nitrogens with zero attached hydrogens (tertiary/aromatic N) is 1. The van der Waals surface area contributed by atoms with Gasteiger partial charge in [-0.1, -0.05) is 36.4 Å². The molecule has 0 saturated carbocycles. The van der Waals surface area contributed by atoms with Crippen molar-refractivity contribution in [3.63, 3.8) is 0 Å². The van der Waals surface area contributed by atoms with Gasteiger partial charge in [-0.2, -0.15) is 0 Å². The first-order valence-electron chi connectivity index (χ1n) is 6.24. The van der Waals surface area contributed by atoms with Gasteiger partial charge in [-0.25, -0.2) is 0 Å². The number of para-hydroxylation sites is 1. The maximum Gasteiger partial charge on any atom is 0.300 e. The van der Waals surface area contributed by atoms with Gasteiger partial charge in [-0.15, -0.1) is 0 Å². The van der Waals surface area contributed by atoms with Gasteiger partial charge in [0.25, 0.3) is 11.9 Å². The lowest BCUT2D eigenvalue weighted by Gasteiger charge is -2.15. The second-order valence-electron chi connectivity index (χ2n) is 4.40. The predicted molar refractivity (Wildman–Crippen MR) is 76.7 cm³/mol. The molecule has 1 N–H and O–H groups in total. The maximum absolute atomic E-state index is 12.1. The van der Waals surface area contributed by atoms with Crippen LogP contribution in [0.3, 0.4) is 0 Å². The molecule has 20 heavy (non-hydrogen) atoms. The number of benzene rings is 2. The van der Waals surface area contributed by atoms with Crippen LogP contribution in [0.4, 0.5) is 5.69 Å². The normalized spacial score (nSPS) is 12.4. The minimum absolute atomic E-state index is 0.0989. The van der Waals surface area contributed by atoms with E-state index >= 15 is 0 Å². The summed E-state index contributed by atoms with van der Waals surface area (Å²) in [7, 11) is 0. The zero-order chi connectivity index (χ0) is 14.5. The second-order valence-corrected chi connectivity index (χ2v) is 4.40. The van der Waals surface area contributed by atoms with E-state index in [0.717, 1.165) is 23.7 Å². The summed E-state index contributed by atoms with van der Waals surface area (Å²) in [5, 5.41) is 7.42. The van der Waals surface area contributed by atoms with E-state index in [4.69, 9.17) is 9.90 Å². The monoisotopic (exact) mass is 269 g/mol. The highest BCUT2D eigenvalue weighted by Crippen LogP contribution is 2.27. The van der Waals surface area contributed by atoms with Crippen LogP contribution in [0.1, 0.15) is 22.8 Å². The van der Waals surface area contributed by atoms with Crippen molar-refractivity contribution in [2.75, 3.05) is 4.90 Å². The Kier molecular flexibility index (Phi) is 4.15. The summed E-state index contributed by atoms with van der Waals surface area (Å²) in [6, 6.07) is 17.6. The number of hydrogen-bond donors (Lipinski definition) is 1. The largest absolute Gasteiger partial charge is 0.481 e. The van der Waals surface area contributed by atoms with Gasteiger partial charge in [0, 0.05) is 18.2 Å². The van der Waals surface area contributed by atoms with E-state index in [1.54, 1.807) is 0 Å². The Morgan fingerprint density at radius 1 is 1.05 bits per heavy atom. The highest BCUT2D eigenvalue weighted by Gasteiger charge is 2.27. The number of fused-ring (bicyclic) bond motifs is 1. The fourth-order valence-corrected chi connectivity index (χ4v) is 2.07. The number of rotatable bonds is 1. The number of carbonyl (C=O) groups excluding carboxylic acids is 1. The lowest BCUT2D eigenvalue weighted by molar-refractivity contribution is -0.134. The number of aliphatic carboxylic acids is 1. The molecule has 0 atom stereocenters. The Labute approximate surface area is 117 Å². The molecule has 0 radical (unpaired) electrons. The third-order valence-electron chi connectivity index (χ3n) is 2.89. The molecule has 3 rings (SSSR count). The topological polar surface area (TPSA) is 57.6 Å². The van der Waals surface area contributed by atoms with E-state index in [1.807, 2.05) is 59.5 Å². The minimum atomic E-state index is -0.833. The Morgan fingerprint density at radius 2 is 1.60 bits per heavy atom. The third kappa shape index (κ3) is 3.03. The lowest BCUT2D eigenvalue weighted by Crippen LogP contribution is -2.22. The van der Waals surface area contributed by atoms with Crippen molar-refractivity contribution in [2.45, 2.75) is 13.5 Å². The molecule has 4 heteroatoms. The first-order valence-corrected chi connectivity index (χ1v) is 6.24. The molecule has 102 valence electrons. The van der Waals surface area contributed by atoms with Gasteiger partial charge >= 0.3 is 0 Å². The smallest absolute Gasteiger partial charge is 0.300 e. The molecule has 1 aliphatic rings. The number of carboxylic acid groups (broad SMARTS) is 1. The standard InChI is InChI=1S/C14H11NO.C2H4O2/c16-14-13-9-5-4-6-11(13)10-15(14)12-7-2-1-3-8-12;1-2(3)4/h1-9H,10H2;1H3,(H,3,4). The van der Waals surface area contributed by atoms with Crippen molar-refractivity contribution < 1.29 is 14.7 Å². The van der Waals surface area contributed by atoms with Crippen molar-refractivity contribution in [2.24, 2.45) is 0 Å². The molecule has 1 aliphatic heterocycles. The lowest BCUT2D eigenvalue weighted by atomic mass is 10.1. The number of hydrogen-bond acceptors (Lipinski definition) is 2. The molecule has 0 aromatic heterocycles. The average Bonchev–Trinajstić information content (AvgIpc) is 2.77. The SMILES string of the molecule is CC(=O)O.O=C1c2ccccc2CN1c1ccccc1. The van der Waals surface area contributed by atoms with Crippen LogP contribution in [0, 0.1) is 0 Å². The van der Waals surface area contributed by atoms with Gasteiger partial charge in [-0.3, -0.25) is 9.59 Å². The third-order valence-corrected chi connectivity index (χ3v) is 2.89. The van der Waals surface area contributed by atoms with E-state index in [9.17, 15) is 4.79 Å². The van der Waals surface area contributed by atoms with Gasteiger partial charge in [0.1, 0.15) is 0 Å². The average molecular weight is 269 g/mol. The van der Waals surface area contributed by atoms with Crippen LogP contribution in [0.5, 0.6) is 0 Å². The summed E-state index contributed by atoms with van der Waals surface area (Å²) in [6.07, 6.45) is 0.